The van der Waals surface area contributed by atoms with Crippen molar-refractivity contribution in [1.29, 1.82) is 0 Å². The molecule has 0 saturated heterocycles. The highest BCUT2D eigenvalue weighted by molar-refractivity contribution is 5.70. The van der Waals surface area contributed by atoms with E-state index in [4.69, 9.17) is 0 Å². The topological polar surface area (TPSA) is 46.0 Å². The predicted molar refractivity (Wildman–Crippen MR) is 133 cm³/mol. The zero-order chi connectivity index (χ0) is 21.9. The lowest BCUT2D eigenvalue weighted by atomic mass is 9.47. The van der Waals surface area contributed by atoms with Crippen molar-refractivity contribution < 1.29 is 5.11 Å². The molecule has 0 spiro atoms. The first-order chi connectivity index (χ1) is 14.5. The molecule has 0 aliphatic heterocycles. The first kappa shape index (κ1) is 25.8. The summed E-state index contributed by atoms with van der Waals surface area (Å²) in [6.07, 6.45) is 18.4. The van der Waals surface area contributed by atoms with Crippen LogP contribution in [0.15, 0.2) is 36.3 Å². The lowest BCUT2D eigenvalue weighted by molar-refractivity contribution is -0.0238. The molecule has 1 aromatic heterocycles. The molecular formula is C28H46N2O. The number of aliphatic hydroxyl groups excluding tert-OH is 1. The summed E-state index contributed by atoms with van der Waals surface area (Å²) < 4.78 is 0. The molecule has 0 bridgehead atoms. The number of nitrogens with zero attached hydrogens (tertiary/aromatic N) is 2. The van der Waals surface area contributed by atoms with Crippen LogP contribution in [0.1, 0.15) is 99.6 Å². The molecule has 6 atom stereocenters. The molecular weight excluding hydrogens is 380 g/mol. The number of aliphatic hydroxyl groups is 1. The fraction of sp³-hybridized carbons (Fsp3) is 0.714. The van der Waals surface area contributed by atoms with Gasteiger partial charge in [-0.2, -0.15) is 0 Å². The number of allylic oxidation sites excluding steroid dienone is 3. The molecule has 2 fully saturated rings. The molecule has 1 N–H and O–H groups in total. The van der Waals surface area contributed by atoms with Crippen LogP contribution in [0.25, 0.3) is 5.57 Å². The van der Waals surface area contributed by atoms with Crippen LogP contribution in [0, 0.1) is 28.6 Å². The van der Waals surface area contributed by atoms with Gasteiger partial charge in [-0.3, -0.25) is 9.97 Å². The third kappa shape index (κ3) is 4.27. The van der Waals surface area contributed by atoms with Crippen LogP contribution in [0.2, 0.25) is 0 Å². The molecule has 6 unspecified atom stereocenters. The van der Waals surface area contributed by atoms with Gasteiger partial charge in [-0.05, 0) is 79.1 Å². The molecule has 174 valence electrons. The van der Waals surface area contributed by atoms with Gasteiger partial charge in [-0.25, -0.2) is 0 Å². The van der Waals surface area contributed by atoms with Gasteiger partial charge < -0.3 is 5.11 Å². The Morgan fingerprint density at radius 2 is 1.61 bits per heavy atom. The maximum atomic E-state index is 10.1. The standard InChI is InChI=1S/C23H30N2O.2C2H6.CH4/c1-22-9-7-16(26)13-15(22)3-4-17-18-5-6-20(21-14-24-11-12-25-21)23(18,2)10-8-19(17)22;2*1-2;/h3,6,11-12,14,16-19,26H,4-5,7-10,13H2,1-2H3;2*1-2H3;1H4. The normalized spacial score (nSPS) is 37.6. The lowest BCUT2D eigenvalue weighted by Gasteiger charge is -2.57. The summed E-state index contributed by atoms with van der Waals surface area (Å²) in [6.45, 7) is 13.0. The van der Waals surface area contributed by atoms with Crippen LogP contribution in [-0.2, 0) is 0 Å². The Labute approximate surface area is 191 Å². The molecule has 3 nitrogen and oxygen atoms in total. The fourth-order valence-corrected chi connectivity index (χ4v) is 7.04. The summed E-state index contributed by atoms with van der Waals surface area (Å²) in [6, 6.07) is 0. The first-order valence-electron chi connectivity index (χ1n) is 12.4. The van der Waals surface area contributed by atoms with Crippen molar-refractivity contribution >= 4 is 5.57 Å². The minimum atomic E-state index is -0.115. The smallest absolute Gasteiger partial charge is 0.0847 e. The van der Waals surface area contributed by atoms with Gasteiger partial charge in [0.05, 0.1) is 18.0 Å². The molecule has 4 aliphatic rings. The highest BCUT2D eigenvalue weighted by Gasteiger charge is 2.56. The number of hydrogen-bond donors (Lipinski definition) is 1. The summed E-state index contributed by atoms with van der Waals surface area (Å²) in [7, 11) is 0. The Kier molecular flexibility index (Phi) is 8.67. The van der Waals surface area contributed by atoms with Gasteiger partial charge in [0.25, 0.3) is 0 Å². The maximum Gasteiger partial charge on any atom is 0.0847 e. The van der Waals surface area contributed by atoms with E-state index in [1.807, 2.05) is 40.1 Å². The summed E-state index contributed by atoms with van der Waals surface area (Å²) in [4.78, 5) is 8.93. The molecule has 31 heavy (non-hydrogen) atoms. The van der Waals surface area contributed by atoms with E-state index in [0.29, 0.717) is 5.41 Å². The number of aromatic nitrogens is 2. The van der Waals surface area contributed by atoms with Crippen molar-refractivity contribution in [1.82, 2.24) is 9.97 Å². The van der Waals surface area contributed by atoms with Crippen molar-refractivity contribution in [3.05, 3.63) is 42.0 Å². The molecule has 0 amide bonds. The summed E-state index contributed by atoms with van der Waals surface area (Å²) in [5.74, 6) is 2.27. The quantitative estimate of drug-likeness (QED) is 0.473. The van der Waals surface area contributed by atoms with E-state index in [9.17, 15) is 5.11 Å². The van der Waals surface area contributed by atoms with E-state index < -0.39 is 0 Å². The Bertz CT molecular complexity index is 770. The Balaban J connectivity index is 0.000000647. The van der Waals surface area contributed by atoms with Crippen LogP contribution < -0.4 is 0 Å². The number of hydrogen-bond acceptors (Lipinski definition) is 3. The zero-order valence-electron chi connectivity index (χ0n) is 20.0. The van der Waals surface area contributed by atoms with E-state index in [1.54, 1.807) is 11.8 Å². The highest BCUT2D eigenvalue weighted by Crippen LogP contribution is 2.66. The van der Waals surface area contributed by atoms with Gasteiger partial charge in [0.2, 0.25) is 0 Å². The molecule has 0 radical (unpaired) electrons. The van der Waals surface area contributed by atoms with Crippen molar-refractivity contribution in [3.63, 3.8) is 0 Å². The Hall–Kier alpha value is -1.48. The minimum Gasteiger partial charge on any atom is -0.393 e. The van der Waals surface area contributed by atoms with E-state index in [2.05, 4.69) is 36.0 Å². The Morgan fingerprint density at radius 3 is 2.29 bits per heavy atom. The third-order valence-corrected chi connectivity index (χ3v) is 8.50. The summed E-state index contributed by atoms with van der Waals surface area (Å²) in [5, 5.41) is 10.1. The largest absolute Gasteiger partial charge is 0.393 e. The molecule has 5 rings (SSSR count). The first-order valence-corrected chi connectivity index (χ1v) is 12.4. The Morgan fingerprint density at radius 1 is 0.903 bits per heavy atom. The van der Waals surface area contributed by atoms with E-state index in [-0.39, 0.29) is 18.9 Å². The summed E-state index contributed by atoms with van der Waals surface area (Å²) >= 11 is 0. The summed E-state index contributed by atoms with van der Waals surface area (Å²) in [5.41, 5.74) is 4.63. The van der Waals surface area contributed by atoms with Crippen LogP contribution in [0.3, 0.4) is 0 Å². The van der Waals surface area contributed by atoms with Crippen molar-refractivity contribution in [2.75, 3.05) is 0 Å². The van der Waals surface area contributed by atoms with Gasteiger partial charge in [0.15, 0.2) is 0 Å². The van der Waals surface area contributed by atoms with Crippen LogP contribution in [0.5, 0.6) is 0 Å². The van der Waals surface area contributed by atoms with Gasteiger partial charge in [0, 0.05) is 12.4 Å². The number of rotatable bonds is 1. The van der Waals surface area contributed by atoms with E-state index in [1.165, 1.54) is 31.3 Å². The average Bonchev–Trinajstić information content (AvgIpc) is 3.15. The van der Waals surface area contributed by atoms with Crippen molar-refractivity contribution in [3.8, 4) is 0 Å². The lowest BCUT2D eigenvalue weighted by Crippen LogP contribution is -2.49. The fourth-order valence-electron chi connectivity index (χ4n) is 7.04. The van der Waals surface area contributed by atoms with E-state index >= 15 is 0 Å². The second-order valence-corrected chi connectivity index (χ2v) is 9.56. The molecule has 1 aromatic rings. The second-order valence-electron chi connectivity index (χ2n) is 9.56. The predicted octanol–water partition coefficient (Wildman–Crippen LogP) is 7.48. The van der Waals surface area contributed by atoms with Crippen molar-refractivity contribution in [2.45, 2.75) is 100 Å². The van der Waals surface area contributed by atoms with Gasteiger partial charge in [0.1, 0.15) is 0 Å². The maximum absolute atomic E-state index is 10.1. The molecule has 2 saturated carbocycles. The number of fused-ring (bicyclic) bond motifs is 5. The van der Waals surface area contributed by atoms with Gasteiger partial charge in [-0.1, -0.05) is 66.7 Å². The van der Waals surface area contributed by atoms with Crippen LogP contribution in [0.4, 0.5) is 0 Å². The zero-order valence-corrected chi connectivity index (χ0v) is 20.0. The van der Waals surface area contributed by atoms with Gasteiger partial charge >= 0.3 is 0 Å². The third-order valence-electron chi connectivity index (χ3n) is 8.50. The monoisotopic (exact) mass is 426 g/mol. The SMILES string of the molecule is C.CC.CC.CC12CCC(O)CC1=CCC1C2CCC2(C)C(c3cnccn3)=CCC12. The van der Waals surface area contributed by atoms with Crippen molar-refractivity contribution in [2.24, 2.45) is 28.6 Å². The second kappa shape index (κ2) is 10.4. The average molecular weight is 427 g/mol. The highest BCUT2D eigenvalue weighted by atomic mass is 16.3. The van der Waals surface area contributed by atoms with Crippen LogP contribution in [-0.4, -0.2) is 21.2 Å². The molecule has 0 aromatic carbocycles. The molecule has 4 aliphatic carbocycles. The molecule has 1 heterocycles. The van der Waals surface area contributed by atoms with Crippen LogP contribution >= 0.6 is 0 Å². The van der Waals surface area contributed by atoms with E-state index in [0.717, 1.165) is 42.7 Å². The minimum absolute atomic E-state index is 0. The van der Waals surface area contributed by atoms with Gasteiger partial charge in [-0.15, -0.1) is 0 Å². The molecule has 3 heteroatoms.